The van der Waals surface area contributed by atoms with Gasteiger partial charge in [0.15, 0.2) is 11.0 Å². The van der Waals surface area contributed by atoms with Gasteiger partial charge in [-0.3, -0.25) is 14.3 Å². The number of carbonyl (C=O) groups excluding carboxylic acids is 1. The number of amides is 1. The van der Waals surface area contributed by atoms with Gasteiger partial charge < -0.3 is 5.32 Å². The molecular weight excluding hydrogens is 430 g/mol. The van der Waals surface area contributed by atoms with Crippen LogP contribution in [0.5, 0.6) is 0 Å². The number of thioether (sulfide) groups is 1. The van der Waals surface area contributed by atoms with Crippen LogP contribution in [0, 0.1) is 13.8 Å². The van der Waals surface area contributed by atoms with Gasteiger partial charge in [0.05, 0.1) is 5.75 Å². The van der Waals surface area contributed by atoms with E-state index in [1.807, 2.05) is 60.9 Å². The summed E-state index contributed by atoms with van der Waals surface area (Å²) in [5.41, 5.74) is 4.64. The van der Waals surface area contributed by atoms with Crippen LogP contribution in [-0.4, -0.2) is 31.4 Å². The topological polar surface area (TPSA) is 72.7 Å². The standard InChI is InChI=1S/C23H20ClN5OS/c1-15-3-6-19(7-4-15)29-22(17-9-11-25-12-10-17)27-28-23(29)31-14-21(30)26-20-8-5-18(24)13-16(20)2/h3-13H,14H2,1-2H3,(H,26,30). The van der Waals surface area contributed by atoms with Crippen LogP contribution < -0.4 is 5.32 Å². The van der Waals surface area contributed by atoms with Gasteiger partial charge in [-0.15, -0.1) is 10.2 Å². The van der Waals surface area contributed by atoms with Crippen molar-refractivity contribution in [1.29, 1.82) is 0 Å². The maximum Gasteiger partial charge on any atom is 0.234 e. The number of aromatic nitrogens is 4. The van der Waals surface area contributed by atoms with E-state index in [1.54, 1.807) is 24.5 Å². The highest BCUT2D eigenvalue weighted by Gasteiger charge is 2.17. The van der Waals surface area contributed by atoms with Gasteiger partial charge in [0, 0.05) is 34.4 Å². The second kappa shape index (κ2) is 9.32. The van der Waals surface area contributed by atoms with Gasteiger partial charge in [0.2, 0.25) is 5.91 Å². The van der Waals surface area contributed by atoms with E-state index in [0.29, 0.717) is 16.0 Å². The molecule has 156 valence electrons. The summed E-state index contributed by atoms with van der Waals surface area (Å²) in [6.45, 7) is 3.95. The molecule has 0 radical (unpaired) electrons. The largest absolute Gasteiger partial charge is 0.325 e. The number of nitrogens with zero attached hydrogens (tertiary/aromatic N) is 4. The first-order valence-electron chi connectivity index (χ1n) is 9.63. The Hall–Kier alpha value is -3.16. The van der Waals surface area contributed by atoms with Crippen LogP contribution in [0.1, 0.15) is 11.1 Å². The first kappa shape index (κ1) is 21.1. The summed E-state index contributed by atoms with van der Waals surface area (Å²) >= 11 is 7.33. The third kappa shape index (κ3) is 4.95. The number of rotatable bonds is 6. The van der Waals surface area contributed by atoms with E-state index in [4.69, 9.17) is 11.6 Å². The molecule has 0 spiro atoms. The number of nitrogens with one attached hydrogen (secondary N) is 1. The zero-order chi connectivity index (χ0) is 21.8. The Balaban J connectivity index is 1.58. The molecule has 0 saturated heterocycles. The lowest BCUT2D eigenvalue weighted by molar-refractivity contribution is -0.113. The van der Waals surface area contributed by atoms with Gasteiger partial charge in [0.1, 0.15) is 0 Å². The van der Waals surface area contributed by atoms with Crippen molar-refractivity contribution in [3.63, 3.8) is 0 Å². The summed E-state index contributed by atoms with van der Waals surface area (Å²) in [5.74, 6) is 0.768. The van der Waals surface area contributed by atoms with Crippen LogP contribution in [0.25, 0.3) is 17.1 Å². The van der Waals surface area contributed by atoms with Crippen molar-refractivity contribution in [2.45, 2.75) is 19.0 Å². The van der Waals surface area contributed by atoms with Crippen molar-refractivity contribution in [2.75, 3.05) is 11.1 Å². The molecule has 1 N–H and O–H groups in total. The van der Waals surface area contributed by atoms with E-state index >= 15 is 0 Å². The fraction of sp³-hybridized carbons (Fsp3) is 0.130. The number of hydrogen-bond acceptors (Lipinski definition) is 5. The van der Waals surface area contributed by atoms with Crippen molar-refractivity contribution in [3.05, 3.63) is 83.1 Å². The lowest BCUT2D eigenvalue weighted by atomic mass is 10.2. The van der Waals surface area contributed by atoms with Crippen LogP contribution in [0.4, 0.5) is 5.69 Å². The normalized spacial score (nSPS) is 10.8. The highest BCUT2D eigenvalue weighted by Crippen LogP contribution is 2.28. The lowest BCUT2D eigenvalue weighted by Gasteiger charge is -2.11. The van der Waals surface area contributed by atoms with E-state index in [1.165, 1.54) is 11.8 Å². The van der Waals surface area contributed by atoms with Crippen LogP contribution in [0.3, 0.4) is 0 Å². The predicted octanol–water partition coefficient (Wildman–Crippen LogP) is 5.33. The summed E-state index contributed by atoms with van der Waals surface area (Å²) < 4.78 is 1.96. The minimum Gasteiger partial charge on any atom is -0.325 e. The van der Waals surface area contributed by atoms with Crippen molar-refractivity contribution < 1.29 is 4.79 Å². The quantitative estimate of drug-likeness (QED) is 0.403. The highest BCUT2D eigenvalue weighted by atomic mass is 35.5. The smallest absolute Gasteiger partial charge is 0.234 e. The average Bonchev–Trinajstić information content (AvgIpc) is 3.19. The van der Waals surface area contributed by atoms with Gasteiger partial charge in [-0.05, 0) is 61.9 Å². The third-order valence-corrected chi connectivity index (χ3v) is 5.82. The molecule has 0 aliphatic rings. The molecule has 0 aliphatic heterocycles. The third-order valence-electron chi connectivity index (χ3n) is 4.66. The number of benzene rings is 2. The van der Waals surface area contributed by atoms with Crippen molar-refractivity contribution in [2.24, 2.45) is 0 Å². The van der Waals surface area contributed by atoms with Gasteiger partial charge in [-0.1, -0.05) is 41.1 Å². The van der Waals surface area contributed by atoms with Gasteiger partial charge >= 0.3 is 0 Å². The van der Waals surface area contributed by atoms with E-state index in [2.05, 4.69) is 20.5 Å². The molecule has 2 aromatic carbocycles. The molecule has 4 rings (SSSR count). The zero-order valence-electron chi connectivity index (χ0n) is 17.0. The van der Waals surface area contributed by atoms with E-state index in [-0.39, 0.29) is 11.7 Å². The summed E-state index contributed by atoms with van der Waals surface area (Å²) in [5, 5.41) is 13.0. The maximum atomic E-state index is 12.6. The van der Waals surface area contributed by atoms with Crippen LogP contribution in [0.2, 0.25) is 5.02 Å². The Kier molecular flexibility index (Phi) is 6.34. The number of hydrogen-bond donors (Lipinski definition) is 1. The second-order valence-corrected chi connectivity index (χ2v) is 8.39. The molecular formula is C23H20ClN5OS. The van der Waals surface area contributed by atoms with Crippen LogP contribution >= 0.6 is 23.4 Å². The predicted molar refractivity (Wildman–Crippen MR) is 125 cm³/mol. The SMILES string of the molecule is Cc1ccc(-n2c(SCC(=O)Nc3ccc(Cl)cc3C)nnc2-c2ccncc2)cc1. The lowest BCUT2D eigenvalue weighted by Crippen LogP contribution is -2.15. The molecule has 0 saturated carbocycles. The Labute approximate surface area is 189 Å². The summed E-state index contributed by atoms with van der Waals surface area (Å²) in [7, 11) is 0. The molecule has 0 atom stereocenters. The first-order valence-corrected chi connectivity index (χ1v) is 11.0. The maximum absolute atomic E-state index is 12.6. The van der Waals surface area contributed by atoms with Crippen molar-refractivity contribution in [1.82, 2.24) is 19.7 Å². The molecule has 2 aromatic heterocycles. The first-order chi connectivity index (χ1) is 15.0. The molecule has 2 heterocycles. The van der Waals surface area contributed by atoms with E-state index in [9.17, 15) is 4.79 Å². The minimum atomic E-state index is -0.126. The van der Waals surface area contributed by atoms with Gasteiger partial charge in [-0.2, -0.15) is 0 Å². The summed E-state index contributed by atoms with van der Waals surface area (Å²) in [4.78, 5) is 16.6. The Morgan fingerprint density at radius 2 is 1.77 bits per heavy atom. The Bertz CT molecular complexity index is 1210. The molecule has 31 heavy (non-hydrogen) atoms. The molecule has 0 fully saturated rings. The summed E-state index contributed by atoms with van der Waals surface area (Å²) in [6, 6.07) is 17.3. The Morgan fingerprint density at radius 3 is 2.48 bits per heavy atom. The Morgan fingerprint density at radius 1 is 1.03 bits per heavy atom. The number of anilines is 1. The number of carbonyl (C=O) groups is 1. The minimum absolute atomic E-state index is 0.126. The molecule has 8 heteroatoms. The number of aryl methyl sites for hydroxylation is 2. The number of pyridine rings is 1. The molecule has 0 bridgehead atoms. The molecule has 4 aromatic rings. The van der Waals surface area contributed by atoms with Crippen LogP contribution in [-0.2, 0) is 4.79 Å². The van der Waals surface area contributed by atoms with Crippen molar-refractivity contribution in [3.8, 4) is 17.1 Å². The van der Waals surface area contributed by atoms with Crippen molar-refractivity contribution >= 4 is 35.0 Å². The monoisotopic (exact) mass is 449 g/mol. The summed E-state index contributed by atoms with van der Waals surface area (Å²) in [6.07, 6.45) is 3.44. The zero-order valence-corrected chi connectivity index (χ0v) is 18.6. The fourth-order valence-corrected chi connectivity index (χ4v) is 4.04. The highest BCUT2D eigenvalue weighted by molar-refractivity contribution is 7.99. The van der Waals surface area contributed by atoms with Crippen LogP contribution in [0.15, 0.2) is 72.1 Å². The number of halogens is 1. The van der Waals surface area contributed by atoms with Gasteiger partial charge in [-0.25, -0.2) is 0 Å². The molecule has 1 amide bonds. The van der Waals surface area contributed by atoms with Gasteiger partial charge in [0.25, 0.3) is 0 Å². The van der Waals surface area contributed by atoms with E-state index < -0.39 is 0 Å². The second-order valence-electron chi connectivity index (χ2n) is 7.01. The average molecular weight is 450 g/mol. The molecule has 6 nitrogen and oxygen atoms in total. The molecule has 0 aliphatic carbocycles. The van der Waals surface area contributed by atoms with E-state index in [0.717, 1.165) is 28.1 Å². The fourth-order valence-electron chi connectivity index (χ4n) is 3.06. The molecule has 0 unspecified atom stereocenters.